The first-order valence-electron chi connectivity index (χ1n) is 7.64. The van der Waals surface area contributed by atoms with E-state index in [0.29, 0.717) is 23.7 Å². The average Bonchev–Trinajstić information content (AvgIpc) is 2.94. The highest BCUT2D eigenvalue weighted by atomic mass is 35.5. The van der Waals surface area contributed by atoms with Gasteiger partial charge in [-0.05, 0) is 31.5 Å². The predicted molar refractivity (Wildman–Crippen MR) is 88.6 cm³/mol. The Morgan fingerprint density at radius 2 is 2.22 bits per heavy atom. The Morgan fingerprint density at radius 3 is 2.96 bits per heavy atom. The fourth-order valence-corrected chi connectivity index (χ4v) is 3.27. The lowest BCUT2D eigenvalue weighted by molar-refractivity contribution is 0.0632. The van der Waals surface area contributed by atoms with Crippen molar-refractivity contribution in [2.75, 3.05) is 13.7 Å². The molecule has 0 saturated carbocycles. The van der Waals surface area contributed by atoms with Crippen molar-refractivity contribution in [1.82, 2.24) is 14.5 Å². The zero-order valence-corrected chi connectivity index (χ0v) is 14.3. The summed E-state index contributed by atoms with van der Waals surface area (Å²) >= 11 is 6.15. The van der Waals surface area contributed by atoms with Crippen molar-refractivity contribution in [3.05, 3.63) is 52.1 Å². The highest BCUT2D eigenvalue weighted by Gasteiger charge is 2.31. The van der Waals surface area contributed by atoms with Crippen molar-refractivity contribution in [3.8, 4) is 0 Å². The topological polar surface area (TPSA) is 47.4 Å². The summed E-state index contributed by atoms with van der Waals surface area (Å²) in [5.74, 6) is 0.899. The third kappa shape index (κ3) is 2.75. The number of hydrogen-bond acceptors (Lipinski definition) is 3. The number of carbonyl (C=O) groups excluding carboxylic acids is 1. The Labute approximate surface area is 140 Å². The Kier molecular flexibility index (Phi) is 4.41. The van der Waals surface area contributed by atoms with Gasteiger partial charge in [0.1, 0.15) is 5.82 Å². The fraction of sp³-hybridized carbons (Fsp3) is 0.412. The molecule has 6 heteroatoms. The number of benzene rings is 1. The summed E-state index contributed by atoms with van der Waals surface area (Å²) in [5.41, 5.74) is 2.52. The number of fused-ring (bicyclic) bond motifs is 1. The molecule has 0 spiro atoms. The van der Waals surface area contributed by atoms with E-state index in [0.717, 1.165) is 23.6 Å². The Hall–Kier alpha value is -1.85. The Bertz CT molecular complexity index is 741. The van der Waals surface area contributed by atoms with Crippen LogP contribution in [0.25, 0.3) is 0 Å². The van der Waals surface area contributed by atoms with Crippen LogP contribution in [0.2, 0.25) is 5.02 Å². The molecule has 1 aliphatic rings. The van der Waals surface area contributed by atoms with Crippen molar-refractivity contribution in [3.63, 3.8) is 0 Å². The van der Waals surface area contributed by atoms with Gasteiger partial charge in [0.05, 0.1) is 24.5 Å². The van der Waals surface area contributed by atoms with Crippen LogP contribution in [-0.2, 0) is 17.9 Å². The summed E-state index contributed by atoms with van der Waals surface area (Å²) < 4.78 is 7.35. The summed E-state index contributed by atoms with van der Waals surface area (Å²) in [6, 6.07) is 5.36. The zero-order valence-electron chi connectivity index (χ0n) is 13.5. The molecule has 1 atom stereocenters. The van der Waals surface area contributed by atoms with E-state index in [-0.39, 0.29) is 11.9 Å². The average molecular weight is 334 g/mol. The molecule has 0 bridgehead atoms. The number of methoxy groups -OCH3 is 1. The van der Waals surface area contributed by atoms with Crippen LogP contribution in [0, 0.1) is 6.92 Å². The quantitative estimate of drug-likeness (QED) is 0.866. The first-order chi connectivity index (χ1) is 11.0. The molecule has 0 fully saturated rings. The molecular weight excluding hydrogens is 314 g/mol. The van der Waals surface area contributed by atoms with Gasteiger partial charge in [0.15, 0.2) is 0 Å². The van der Waals surface area contributed by atoms with Gasteiger partial charge in [-0.15, -0.1) is 0 Å². The van der Waals surface area contributed by atoms with Crippen LogP contribution in [-0.4, -0.2) is 34.0 Å². The van der Waals surface area contributed by atoms with Crippen molar-refractivity contribution in [2.24, 2.45) is 0 Å². The molecule has 0 radical (unpaired) electrons. The van der Waals surface area contributed by atoms with Gasteiger partial charge in [0, 0.05) is 30.8 Å². The third-order valence-electron chi connectivity index (χ3n) is 4.43. The molecule has 5 nitrogen and oxygen atoms in total. The zero-order chi connectivity index (χ0) is 16.6. The number of amides is 1. The number of halogens is 1. The van der Waals surface area contributed by atoms with Crippen molar-refractivity contribution >= 4 is 17.5 Å². The van der Waals surface area contributed by atoms with E-state index < -0.39 is 0 Å². The van der Waals surface area contributed by atoms with E-state index in [4.69, 9.17) is 16.3 Å². The van der Waals surface area contributed by atoms with Crippen LogP contribution in [0.4, 0.5) is 0 Å². The molecule has 23 heavy (non-hydrogen) atoms. The van der Waals surface area contributed by atoms with E-state index in [1.165, 1.54) is 0 Å². The smallest absolute Gasteiger partial charge is 0.254 e. The van der Waals surface area contributed by atoms with Gasteiger partial charge in [-0.1, -0.05) is 17.7 Å². The van der Waals surface area contributed by atoms with Crippen LogP contribution in [0.5, 0.6) is 0 Å². The Morgan fingerprint density at radius 1 is 1.43 bits per heavy atom. The molecule has 1 aliphatic heterocycles. The lowest BCUT2D eigenvalue weighted by atomic mass is 10.1. The standard InChI is InChI=1S/C17H20ClN3O2/c1-11-14(5-4-6-15(11)18)17(22)20-7-8-21-13(10-23-3)9-19-16(21)12(20)2/h4-6,9,12H,7-8,10H2,1-3H3. The van der Waals surface area contributed by atoms with Crippen LogP contribution < -0.4 is 0 Å². The Balaban J connectivity index is 1.90. The lowest BCUT2D eigenvalue weighted by Crippen LogP contribution is -2.41. The number of nitrogens with zero attached hydrogens (tertiary/aromatic N) is 3. The summed E-state index contributed by atoms with van der Waals surface area (Å²) in [5, 5.41) is 0.615. The van der Waals surface area contributed by atoms with Crippen molar-refractivity contribution in [1.29, 1.82) is 0 Å². The summed E-state index contributed by atoms with van der Waals surface area (Å²) in [6.45, 7) is 5.78. The van der Waals surface area contributed by atoms with E-state index in [9.17, 15) is 4.79 Å². The molecule has 1 aromatic heterocycles. The second-order valence-corrected chi connectivity index (χ2v) is 6.19. The predicted octanol–water partition coefficient (Wildman–Crippen LogP) is 3.21. The summed E-state index contributed by atoms with van der Waals surface area (Å²) in [7, 11) is 1.67. The van der Waals surface area contributed by atoms with Gasteiger partial charge in [0.25, 0.3) is 5.91 Å². The second-order valence-electron chi connectivity index (χ2n) is 5.78. The molecule has 1 unspecified atom stereocenters. The second kappa shape index (κ2) is 6.34. The van der Waals surface area contributed by atoms with E-state index in [2.05, 4.69) is 9.55 Å². The minimum atomic E-state index is -0.0831. The highest BCUT2D eigenvalue weighted by molar-refractivity contribution is 6.31. The SMILES string of the molecule is COCc1cnc2n1CCN(C(=O)c1cccc(Cl)c1C)C2C. The number of aromatic nitrogens is 2. The van der Waals surface area contributed by atoms with Crippen molar-refractivity contribution in [2.45, 2.75) is 33.0 Å². The highest BCUT2D eigenvalue weighted by Crippen LogP contribution is 2.29. The van der Waals surface area contributed by atoms with Crippen LogP contribution in [0.1, 0.15) is 40.4 Å². The number of hydrogen-bond donors (Lipinski definition) is 0. The minimum Gasteiger partial charge on any atom is -0.378 e. The first kappa shape index (κ1) is 16.0. The molecule has 2 heterocycles. The summed E-state index contributed by atoms with van der Waals surface area (Å²) in [6.07, 6.45) is 1.83. The minimum absolute atomic E-state index is 0.0000384. The maximum atomic E-state index is 12.9. The van der Waals surface area contributed by atoms with Gasteiger partial charge in [-0.2, -0.15) is 0 Å². The number of ether oxygens (including phenoxy) is 1. The molecule has 2 aromatic rings. The van der Waals surface area contributed by atoms with Crippen LogP contribution in [0.3, 0.4) is 0 Å². The molecule has 0 saturated heterocycles. The molecule has 1 aromatic carbocycles. The molecule has 0 aliphatic carbocycles. The van der Waals surface area contributed by atoms with Gasteiger partial charge in [-0.25, -0.2) is 4.98 Å². The third-order valence-corrected chi connectivity index (χ3v) is 4.84. The molecule has 3 rings (SSSR count). The monoisotopic (exact) mass is 333 g/mol. The number of imidazole rings is 1. The van der Waals surface area contributed by atoms with Gasteiger partial charge in [-0.3, -0.25) is 4.79 Å². The number of rotatable bonds is 3. The fourth-order valence-electron chi connectivity index (χ4n) is 3.09. The van der Waals surface area contributed by atoms with E-state index in [1.807, 2.05) is 37.1 Å². The first-order valence-corrected chi connectivity index (χ1v) is 8.01. The number of carbonyl (C=O) groups is 1. The lowest BCUT2D eigenvalue weighted by Gasteiger charge is -2.34. The maximum Gasteiger partial charge on any atom is 0.254 e. The summed E-state index contributed by atoms with van der Waals surface area (Å²) in [4.78, 5) is 19.3. The normalized spacial score (nSPS) is 17.2. The van der Waals surface area contributed by atoms with Gasteiger partial charge >= 0.3 is 0 Å². The van der Waals surface area contributed by atoms with E-state index in [1.54, 1.807) is 13.2 Å². The molecule has 0 N–H and O–H groups in total. The van der Waals surface area contributed by atoms with Crippen molar-refractivity contribution < 1.29 is 9.53 Å². The molecular formula is C17H20ClN3O2. The molecule has 122 valence electrons. The van der Waals surface area contributed by atoms with Gasteiger partial charge < -0.3 is 14.2 Å². The van der Waals surface area contributed by atoms with E-state index >= 15 is 0 Å². The molecule has 1 amide bonds. The van der Waals surface area contributed by atoms with Crippen LogP contribution in [0.15, 0.2) is 24.4 Å². The van der Waals surface area contributed by atoms with Gasteiger partial charge in [0.2, 0.25) is 0 Å². The largest absolute Gasteiger partial charge is 0.378 e. The maximum absolute atomic E-state index is 12.9. The van der Waals surface area contributed by atoms with Crippen LogP contribution >= 0.6 is 11.6 Å².